The van der Waals surface area contributed by atoms with Crippen LogP contribution < -0.4 is 14.4 Å². The van der Waals surface area contributed by atoms with Gasteiger partial charge in [0.1, 0.15) is 0 Å². The van der Waals surface area contributed by atoms with Crippen molar-refractivity contribution in [2.45, 2.75) is 32.2 Å². The number of anilines is 2. The van der Waals surface area contributed by atoms with Gasteiger partial charge in [0.25, 0.3) is 0 Å². The minimum absolute atomic E-state index is 0.656. The Hall–Kier alpha value is -3.01. The number of hydrogen-bond acceptors (Lipinski definition) is 4. The Morgan fingerprint density at radius 1 is 0.931 bits per heavy atom. The number of nitrogens with zero attached hydrogens (tertiary/aromatic N) is 2. The first-order valence-corrected chi connectivity index (χ1v) is 10.4. The van der Waals surface area contributed by atoms with Gasteiger partial charge in [-0.25, -0.2) is 0 Å². The summed E-state index contributed by atoms with van der Waals surface area (Å²) in [6, 6.07) is 20.7. The quantitative estimate of drug-likeness (QED) is 0.474. The largest absolute Gasteiger partial charge is 0.493 e. The van der Waals surface area contributed by atoms with Crippen molar-refractivity contribution in [1.29, 1.82) is 0 Å². The molecule has 29 heavy (non-hydrogen) atoms. The van der Waals surface area contributed by atoms with Crippen LogP contribution in [0.5, 0.6) is 11.5 Å². The smallest absolute Gasteiger partial charge is 0.163 e. The molecule has 0 spiro atoms. The Kier molecular flexibility index (Phi) is 6.30. The van der Waals surface area contributed by atoms with Gasteiger partial charge in [-0.3, -0.25) is 4.98 Å². The molecule has 1 heterocycles. The molecule has 4 rings (SSSR count). The molecule has 3 aromatic rings. The van der Waals surface area contributed by atoms with Gasteiger partial charge in [0, 0.05) is 36.4 Å². The van der Waals surface area contributed by atoms with Gasteiger partial charge in [0.15, 0.2) is 11.5 Å². The van der Waals surface area contributed by atoms with Gasteiger partial charge in [-0.05, 0) is 54.7 Å². The molecule has 0 atom stereocenters. The number of para-hydroxylation sites is 1. The van der Waals surface area contributed by atoms with Gasteiger partial charge in [-0.1, -0.05) is 37.1 Å². The summed E-state index contributed by atoms with van der Waals surface area (Å²) in [5.74, 6) is 2.24. The number of pyridine rings is 1. The van der Waals surface area contributed by atoms with Gasteiger partial charge in [-0.2, -0.15) is 0 Å². The van der Waals surface area contributed by atoms with E-state index < -0.39 is 0 Å². The minimum atomic E-state index is 0.656. The second-order valence-corrected chi connectivity index (χ2v) is 7.58. The molecule has 1 fully saturated rings. The topological polar surface area (TPSA) is 34.6 Å². The average molecular weight is 389 g/mol. The van der Waals surface area contributed by atoms with Crippen molar-refractivity contribution in [3.63, 3.8) is 0 Å². The van der Waals surface area contributed by atoms with Crippen LogP contribution in [0.15, 0.2) is 73.1 Å². The first-order chi connectivity index (χ1) is 14.3. The van der Waals surface area contributed by atoms with E-state index in [-0.39, 0.29) is 0 Å². The van der Waals surface area contributed by atoms with E-state index in [1.807, 2.05) is 24.4 Å². The summed E-state index contributed by atoms with van der Waals surface area (Å²) in [6.07, 6.45) is 8.88. The molecule has 4 nitrogen and oxygen atoms in total. The maximum absolute atomic E-state index is 6.22. The predicted molar refractivity (Wildman–Crippen MR) is 117 cm³/mol. The summed E-state index contributed by atoms with van der Waals surface area (Å²) in [5, 5.41) is 0. The molecule has 1 saturated carbocycles. The van der Waals surface area contributed by atoms with Gasteiger partial charge >= 0.3 is 0 Å². The number of methoxy groups -OCH3 is 1. The van der Waals surface area contributed by atoms with Crippen LogP contribution >= 0.6 is 0 Å². The Bertz CT molecular complexity index is 893. The van der Waals surface area contributed by atoms with Crippen LogP contribution in [0.25, 0.3) is 0 Å². The van der Waals surface area contributed by atoms with Gasteiger partial charge < -0.3 is 14.4 Å². The molecule has 1 aliphatic carbocycles. The normalized spacial score (nSPS) is 14.0. The third kappa shape index (κ3) is 4.89. The lowest BCUT2D eigenvalue weighted by molar-refractivity contribution is 0.241. The van der Waals surface area contributed by atoms with Crippen molar-refractivity contribution in [3.8, 4) is 11.5 Å². The second kappa shape index (κ2) is 9.46. The highest BCUT2D eigenvalue weighted by Crippen LogP contribution is 2.36. The van der Waals surface area contributed by atoms with E-state index >= 15 is 0 Å². The van der Waals surface area contributed by atoms with Crippen LogP contribution in [-0.4, -0.2) is 18.7 Å². The third-order valence-corrected chi connectivity index (χ3v) is 5.54. The molecule has 2 aromatic carbocycles. The summed E-state index contributed by atoms with van der Waals surface area (Å²) >= 11 is 0. The van der Waals surface area contributed by atoms with E-state index in [1.54, 1.807) is 13.3 Å². The summed E-state index contributed by atoms with van der Waals surface area (Å²) < 4.78 is 11.8. The van der Waals surface area contributed by atoms with Gasteiger partial charge in [0.2, 0.25) is 0 Å². The standard InChI is InChI=1S/C25H28N2O2/c1-28-24-14-13-23(16-25(24)29-19-20-8-5-6-9-20)27(22-11-3-2-4-12-22)18-21-10-7-15-26-17-21/h2-4,7,10-17,20H,5-6,8-9,18-19H2,1H3. The fourth-order valence-electron chi connectivity index (χ4n) is 3.94. The zero-order valence-corrected chi connectivity index (χ0v) is 17.0. The van der Waals surface area contributed by atoms with Crippen molar-refractivity contribution < 1.29 is 9.47 Å². The Morgan fingerprint density at radius 3 is 2.48 bits per heavy atom. The van der Waals surface area contributed by atoms with Crippen LogP contribution in [0.3, 0.4) is 0 Å². The third-order valence-electron chi connectivity index (χ3n) is 5.54. The molecule has 0 bridgehead atoms. The maximum Gasteiger partial charge on any atom is 0.163 e. The number of aromatic nitrogens is 1. The fourth-order valence-corrected chi connectivity index (χ4v) is 3.94. The summed E-state index contributed by atoms with van der Waals surface area (Å²) in [6.45, 7) is 1.49. The Labute approximate surface area is 173 Å². The molecular weight excluding hydrogens is 360 g/mol. The van der Waals surface area contributed by atoms with Crippen LogP contribution in [0.1, 0.15) is 31.2 Å². The van der Waals surface area contributed by atoms with Crippen LogP contribution in [-0.2, 0) is 6.54 Å². The maximum atomic E-state index is 6.22. The van der Waals surface area contributed by atoms with Crippen LogP contribution in [0.4, 0.5) is 11.4 Å². The van der Waals surface area contributed by atoms with Gasteiger partial charge in [-0.15, -0.1) is 0 Å². The summed E-state index contributed by atoms with van der Waals surface area (Å²) in [4.78, 5) is 6.55. The molecule has 0 saturated heterocycles. The predicted octanol–water partition coefficient (Wildman–Crippen LogP) is 6.00. The molecule has 150 valence electrons. The monoisotopic (exact) mass is 388 g/mol. The molecular formula is C25H28N2O2. The van der Waals surface area contributed by atoms with E-state index in [0.717, 1.165) is 41.6 Å². The van der Waals surface area contributed by atoms with Crippen LogP contribution in [0, 0.1) is 5.92 Å². The van der Waals surface area contributed by atoms with Crippen molar-refractivity contribution in [2.24, 2.45) is 5.92 Å². The zero-order chi connectivity index (χ0) is 19.9. The Morgan fingerprint density at radius 2 is 1.76 bits per heavy atom. The molecule has 0 unspecified atom stereocenters. The minimum Gasteiger partial charge on any atom is -0.493 e. The number of rotatable bonds is 8. The van der Waals surface area contributed by atoms with Crippen LogP contribution in [0.2, 0.25) is 0 Å². The first-order valence-electron chi connectivity index (χ1n) is 10.4. The van der Waals surface area contributed by atoms with Crippen molar-refractivity contribution >= 4 is 11.4 Å². The van der Waals surface area contributed by atoms with Crippen molar-refractivity contribution in [2.75, 3.05) is 18.6 Å². The molecule has 4 heteroatoms. The molecule has 0 aliphatic heterocycles. The molecule has 1 aliphatic rings. The van der Waals surface area contributed by atoms with E-state index in [0.29, 0.717) is 5.92 Å². The highest BCUT2D eigenvalue weighted by Gasteiger charge is 2.18. The first kappa shape index (κ1) is 19.3. The highest BCUT2D eigenvalue weighted by molar-refractivity contribution is 5.66. The highest BCUT2D eigenvalue weighted by atomic mass is 16.5. The van der Waals surface area contributed by atoms with E-state index in [1.165, 1.54) is 25.7 Å². The summed E-state index contributed by atoms with van der Waals surface area (Å²) in [5.41, 5.74) is 3.35. The van der Waals surface area contributed by atoms with E-state index in [4.69, 9.17) is 9.47 Å². The SMILES string of the molecule is COc1ccc(N(Cc2cccnc2)c2ccccc2)cc1OCC1CCCC1. The lowest BCUT2D eigenvalue weighted by Crippen LogP contribution is -2.17. The number of hydrogen-bond donors (Lipinski definition) is 0. The van der Waals surface area contributed by atoms with E-state index in [9.17, 15) is 0 Å². The molecule has 0 radical (unpaired) electrons. The molecule has 0 amide bonds. The van der Waals surface area contributed by atoms with Gasteiger partial charge in [0.05, 0.1) is 13.7 Å². The number of benzene rings is 2. The average Bonchev–Trinajstić information content (AvgIpc) is 3.31. The Balaban J connectivity index is 1.63. The summed E-state index contributed by atoms with van der Waals surface area (Å²) in [7, 11) is 1.70. The van der Waals surface area contributed by atoms with Crippen molar-refractivity contribution in [1.82, 2.24) is 4.98 Å². The zero-order valence-electron chi connectivity index (χ0n) is 17.0. The molecule has 0 N–H and O–H groups in total. The number of ether oxygens (including phenoxy) is 2. The lowest BCUT2D eigenvalue weighted by atomic mass is 10.1. The fraction of sp³-hybridized carbons (Fsp3) is 0.320. The second-order valence-electron chi connectivity index (χ2n) is 7.58. The lowest BCUT2D eigenvalue weighted by Gasteiger charge is -2.26. The molecule has 1 aromatic heterocycles. The van der Waals surface area contributed by atoms with Crippen molar-refractivity contribution in [3.05, 3.63) is 78.6 Å². The van der Waals surface area contributed by atoms with E-state index in [2.05, 4.69) is 52.3 Å².